The predicted octanol–water partition coefficient (Wildman–Crippen LogP) is 4.89. The molecule has 0 atom stereocenters. The lowest BCUT2D eigenvalue weighted by Gasteiger charge is -2.18. The van der Waals surface area contributed by atoms with Gasteiger partial charge in [-0.3, -0.25) is 4.79 Å². The number of carbonyl (C=O) groups is 1. The average Bonchev–Trinajstić information content (AvgIpc) is 3.41. The molecule has 0 saturated carbocycles. The van der Waals surface area contributed by atoms with Crippen molar-refractivity contribution in [1.82, 2.24) is 0 Å². The van der Waals surface area contributed by atoms with Gasteiger partial charge in [0.05, 0.1) is 31.8 Å². The van der Waals surface area contributed by atoms with Crippen LogP contribution < -0.4 is 33.6 Å². The van der Waals surface area contributed by atoms with Crippen LogP contribution in [0.25, 0.3) is 22.0 Å². The number of rotatable bonds is 8. The number of hydrogen-bond donors (Lipinski definition) is 1. The van der Waals surface area contributed by atoms with E-state index >= 15 is 0 Å². The number of benzene rings is 3. The van der Waals surface area contributed by atoms with Crippen molar-refractivity contribution in [2.45, 2.75) is 25.8 Å². The summed E-state index contributed by atoms with van der Waals surface area (Å²) in [5, 5.41) is 4.93. The monoisotopic (exact) mass is 513 g/mol. The first-order valence-electron chi connectivity index (χ1n) is 12.7. The zero-order valence-corrected chi connectivity index (χ0v) is 21.4. The number of amides is 1. The molecule has 1 amide bonds. The Morgan fingerprint density at radius 1 is 1.00 bits per heavy atom. The Morgan fingerprint density at radius 2 is 1.82 bits per heavy atom. The fourth-order valence-corrected chi connectivity index (χ4v) is 5.01. The van der Waals surface area contributed by atoms with E-state index in [1.807, 2.05) is 36.4 Å². The van der Waals surface area contributed by atoms with Crippen LogP contribution in [0.15, 0.2) is 60.8 Å². The number of methoxy groups -OCH3 is 2. The minimum atomic E-state index is -0.0622. The topological polar surface area (TPSA) is 79.1 Å². The molecule has 0 saturated heterocycles. The number of pyridine rings is 1. The maximum Gasteiger partial charge on any atom is 0.231 e. The maximum absolute atomic E-state index is 12.4. The van der Waals surface area contributed by atoms with Crippen molar-refractivity contribution in [3.05, 3.63) is 66.4 Å². The molecule has 2 aliphatic heterocycles. The number of nitrogens with zero attached hydrogens (tertiary/aromatic N) is 1. The van der Waals surface area contributed by atoms with Crippen molar-refractivity contribution in [2.24, 2.45) is 0 Å². The first-order chi connectivity index (χ1) is 18.6. The molecule has 4 aromatic rings. The number of hydrogen-bond acceptors (Lipinski definition) is 6. The van der Waals surface area contributed by atoms with Crippen molar-refractivity contribution in [3.63, 3.8) is 0 Å². The highest BCUT2D eigenvalue weighted by molar-refractivity contribution is 5.92. The summed E-state index contributed by atoms with van der Waals surface area (Å²) in [6.45, 7) is 1.50. The Morgan fingerprint density at radius 3 is 2.61 bits per heavy atom. The summed E-state index contributed by atoms with van der Waals surface area (Å²) >= 11 is 0. The van der Waals surface area contributed by atoms with E-state index in [1.165, 1.54) is 5.56 Å². The van der Waals surface area contributed by atoms with Gasteiger partial charge in [-0.15, -0.1) is 0 Å². The number of fused-ring (bicyclic) bond motifs is 5. The molecule has 0 fully saturated rings. The van der Waals surface area contributed by atoms with E-state index in [2.05, 4.69) is 34.3 Å². The molecule has 1 aromatic heterocycles. The summed E-state index contributed by atoms with van der Waals surface area (Å²) < 4.78 is 30.5. The molecule has 1 N–H and O–H groups in total. The quantitative estimate of drug-likeness (QED) is 0.267. The fraction of sp³-hybridized carbons (Fsp3) is 0.267. The summed E-state index contributed by atoms with van der Waals surface area (Å²) in [7, 11) is 3.25. The molecule has 194 valence electrons. The number of anilines is 1. The standard InChI is InChI=1S/C30H28N2O6/c1-34-22-8-6-21(7-9-22)31-29(33)4-3-13-36-30-24-17-32-12-11-20-15-27-28(38-18-37-27)16-23(20)25(32)14-19(24)5-10-26(30)35-2/h5-10,14-17H,3-4,11-13,18H2,1-2H3/p+1. The SMILES string of the molecule is COc1ccc(NC(=O)CCCOc2c(OC)ccc3cc4[n+](cc23)CCc2cc3c(cc2-4)OCO3)cc1. The summed E-state index contributed by atoms with van der Waals surface area (Å²) in [5.41, 5.74) is 4.28. The molecule has 3 heterocycles. The maximum atomic E-state index is 12.4. The van der Waals surface area contributed by atoms with Gasteiger partial charge in [-0.05, 0) is 65.9 Å². The van der Waals surface area contributed by atoms with E-state index in [0.29, 0.717) is 30.9 Å². The fourth-order valence-electron chi connectivity index (χ4n) is 5.01. The van der Waals surface area contributed by atoms with Crippen molar-refractivity contribution < 1.29 is 33.0 Å². The van der Waals surface area contributed by atoms with Crippen LogP contribution in [0.2, 0.25) is 0 Å². The number of carbonyl (C=O) groups excluding carboxylic acids is 1. The lowest BCUT2D eigenvalue weighted by molar-refractivity contribution is -0.686. The third-order valence-electron chi connectivity index (χ3n) is 6.96. The van der Waals surface area contributed by atoms with Crippen molar-refractivity contribution in [2.75, 3.05) is 32.9 Å². The molecule has 8 heteroatoms. The first-order valence-corrected chi connectivity index (χ1v) is 12.7. The Hall–Kier alpha value is -4.46. The summed E-state index contributed by atoms with van der Waals surface area (Å²) in [4.78, 5) is 12.4. The van der Waals surface area contributed by atoms with Gasteiger partial charge in [-0.1, -0.05) is 0 Å². The lowest BCUT2D eigenvalue weighted by atomic mass is 9.95. The van der Waals surface area contributed by atoms with Gasteiger partial charge in [-0.25, -0.2) is 0 Å². The summed E-state index contributed by atoms with van der Waals surface area (Å²) in [5.74, 6) is 3.64. The Bertz CT molecular complexity index is 1520. The largest absolute Gasteiger partial charge is 0.497 e. The molecule has 3 aromatic carbocycles. The highest BCUT2D eigenvalue weighted by atomic mass is 16.7. The van der Waals surface area contributed by atoms with Crippen LogP contribution in [0.5, 0.6) is 28.7 Å². The second kappa shape index (κ2) is 10.1. The first kappa shape index (κ1) is 23.9. The normalized spacial score (nSPS) is 13.0. The van der Waals surface area contributed by atoms with Crippen LogP contribution >= 0.6 is 0 Å². The number of aromatic nitrogens is 1. The Labute approximate surface area is 220 Å². The van der Waals surface area contributed by atoms with E-state index in [0.717, 1.165) is 57.9 Å². The number of aryl methyl sites for hydroxylation is 2. The van der Waals surface area contributed by atoms with Gasteiger partial charge in [0.15, 0.2) is 35.7 Å². The molecule has 0 bridgehead atoms. The van der Waals surface area contributed by atoms with Gasteiger partial charge in [-0.2, -0.15) is 4.57 Å². The molecule has 38 heavy (non-hydrogen) atoms. The van der Waals surface area contributed by atoms with E-state index < -0.39 is 0 Å². The summed E-state index contributed by atoms with van der Waals surface area (Å²) in [6.07, 6.45) is 3.95. The Kier molecular flexibility index (Phi) is 6.37. The molecule has 0 radical (unpaired) electrons. The van der Waals surface area contributed by atoms with Gasteiger partial charge in [0.1, 0.15) is 5.75 Å². The minimum Gasteiger partial charge on any atom is -0.497 e. The predicted molar refractivity (Wildman–Crippen MR) is 142 cm³/mol. The number of ether oxygens (including phenoxy) is 5. The van der Waals surface area contributed by atoms with Crippen LogP contribution in [0, 0.1) is 0 Å². The van der Waals surface area contributed by atoms with Crippen LogP contribution in [0.3, 0.4) is 0 Å². The lowest BCUT2D eigenvalue weighted by Crippen LogP contribution is -2.40. The molecule has 0 unspecified atom stereocenters. The van der Waals surface area contributed by atoms with E-state index in [-0.39, 0.29) is 12.7 Å². The van der Waals surface area contributed by atoms with Crippen LogP contribution in [0.1, 0.15) is 18.4 Å². The van der Waals surface area contributed by atoms with E-state index in [4.69, 9.17) is 23.7 Å². The van der Waals surface area contributed by atoms with Gasteiger partial charge in [0.25, 0.3) is 0 Å². The van der Waals surface area contributed by atoms with Crippen LogP contribution in [0.4, 0.5) is 5.69 Å². The van der Waals surface area contributed by atoms with Gasteiger partial charge < -0.3 is 29.0 Å². The minimum absolute atomic E-state index is 0.0622. The highest BCUT2D eigenvalue weighted by Crippen LogP contribution is 2.41. The third-order valence-corrected chi connectivity index (χ3v) is 6.96. The molecule has 6 rings (SSSR count). The van der Waals surface area contributed by atoms with Crippen LogP contribution in [-0.4, -0.2) is 33.5 Å². The van der Waals surface area contributed by atoms with Crippen molar-refractivity contribution in [1.29, 1.82) is 0 Å². The second-order valence-electron chi connectivity index (χ2n) is 9.29. The molecule has 2 aliphatic rings. The van der Waals surface area contributed by atoms with E-state index in [9.17, 15) is 4.79 Å². The van der Waals surface area contributed by atoms with Gasteiger partial charge >= 0.3 is 0 Å². The second-order valence-corrected chi connectivity index (χ2v) is 9.29. The third kappa shape index (κ3) is 4.53. The van der Waals surface area contributed by atoms with Crippen molar-refractivity contribution >= 4 is 22.4 Å². The molecular weight excluding hydrogens is 484 g/mol. The van der Waals surface area contributed by atoms with Crippen molar-refractivity contribution in [3.8, 4) is 40.0 Å². The number of nitrogens with one attached hydrogen (secondary N) is 1. The smallest absolute Gasteiger partial charge is 0.231 e. The van der Waals surface area contributed by atoms with Gasteiger partial charge in [0, 0.05) is 24.6 Å². The highest BCUT2D eigenvalue weighted by Gasteiger charge is 2.28. The molecule has 8 nitrogen and oxygen atoms in total. The summed E-state index contributed by atoms with van der Waals surface area (Å²) in [6, 6.07) is 17.6. The van der Waals surface area contributed by atoms with Crippen LogP contribution in [-0.2, 0) is 17.8 Å². The zero-order chi connectivity index (χ0) is 26.1. The van der Waals surface area contributed by atoms with Gasteiger partial charge in [0.2, 0.25) is 18.4 Å². The average molecular weight is 514 g/mol. The molecule has 0 aliphatic carbocycles. The van der Waals surface area contributed by atoms with E-state index in [1.54, 1.807) is 14.2 Å². The Balaban J connectivity index is 1.18. The zero-order valence-electron chi connectivity index (χ0n) is 21.4. The molecule has 0 spiro atoms. The molecular formula is C30H29N2O6+.